The highest BCUT2D eigenvalue weighted by atomic mass is 32.2. The van der Waals surface area contributed by atoms with Gasteiger partial charge in [0.25, 0.3) is 10.0 Å². The third-order valence-corrected chi connectivity index (χ3v) is 3.83. The Morgan fingerprint density at radius 3 is 2.63 bits per heavy atom. The fourth-order valence-corrected chi connectivity index (χ4v) is 2.40. The molecule has 19 heavy (non-hydrogen) atoms. The summed E-state index contributed by atoms with van der Waals surface area (Å²) in [4.78, 5) is 6.06. The second kappa shape index (κ2) is 5.47. The van der Waals surface area contributed by atoms with Crippen molar-refractivity contribution in [2.24, 2.45) is 0 Å². The topological polar surface area (TPSA) is 95.1 Å². The number of rotatable bonds is 5. The summed E-state index contributed by atoms with van der Waals surface area (Å²) >= 11 is 0. The van der Waals surface area contributed by atoms with E-state index in [2.05, 4.69) is 14.7 Å². The molecule has 0 fully saturated rings. The fraction of sp³-hybridized carbons (Fsp3) is 0.182. The Hall–Kier alpha value is -1.77. The molecule has 6 nitrogen and oxygen atoms in total. The summed E-state index contributed by atoms with van der Waals surface area (Å²) < 4.78 is 38.4. The van der Waals surface area contributed by atoms with E-state index in [0.717, 1.165) is 6.20 Å². The predicted molar refractivity (Wildman–Crippen MR) is 65.1 cm³/mol. The summed E-state index contributed by atoms with van der Waals surface area (Å²) in [5.74, 6) is -0.422. The maximum Gasteiger partial charge on any atom is 0.257 e. The van der Waals surface area contributed by atoms with E-state index in [0.29, 0.717) is 5.56 Å². The number of imidazole rings is 1. The first-order valence-corrected chi connectivity index (χ1v) is 6.89. The normalized spacial score (nSPS) is 13.4. The van der Waals surface area contributed by atoms with Gasteiger partial charge in [0.05, 0.1) is 18.6 Å². The van der Waals surface area contributed by atoms with Crippen LogP contribution < -0.4 is 4.72 Å². The molecule has 2 rings (SSSR count). The smallest absolute Gasteiger partial charge is 0.257 e. The van der Waals surface area contributed by atoms with Crippen molar-refractivity contribution >= 4 is 10.0 Å². The van der Waals surface area contributed by atoms with Crippen molar-refractivity contribution in [2.45, 2.75) is 11.1 Å². The molecule has 1 heterocycles. The zero-order chi connectivity index (χ0) is 13.9. The van der Waals surface area contributed by atoms with Gasteiger partial charge >= 0.3 is 0 Å². The summed E-state index contributed by atoms with van der Waals surface area (Å²) in [6.45, 7) is -0.215. The molecule has 0 bridgehead atoms. The fourth-order valence-electron chi connectivity index (χ4n) is 1.46. The maximum atomic E-state index is 12.7. The standard InChI is InChI=1S/C11H12FN3O3S/c12-9-3-1-8(2-4-9)10(16)5-15-19(17,18)11-6-13-7-14-11/h1-4,6-7,10,15-16H,5H2,(H,13,14). The maximum absolute atomic E-state index is 12.7. The zero-order valence-corrected chi connectivity index (χ0v) is 10.6. The molecule has 1 aromatic carbocycles. The highest BCUT2D eigenvalue weighted by Gasteiger charge is 2.17. The van der Waals surface area contributed by atoms with Gasteiger partial charge in [-0.1, -0.05) is 12.1 Å². The number of nitrogens with zero attached hydrogens (tertiary/aromatic N) is 1. The minimum Gasteiger partial charge on any atom is -0.387 e. The molecular formula is C11H12FN3O3S. The van der Waals surface area contributed by atoms with E-state index in [-0.39, 0.29) is 11.6 Å². The van der Waals surface area contributed by atoms with Gasteiger partial charge in [-0.25, -0.2) is 22.5 Å². The van der Waals surface area contributed by atoms with Gasteiger partial charge < -0.3 is 10.1 Å². The Labute approximate surface area is 109 Å². The van der Waals surface area contributed by atoms with E-state index in [1.165, 1.54) is 30.6 Å². The van der Waals surface area contributed by atoms with Gasteiger partial charge in [-0.2, -0.15) is 0 Å². The van der Waals surface area contributed by atoms with Crippen molar-refractivity contribution in [2.75, 3.05) is 6.54 Å². The summed E-state index contributed by atoms with van der Waals surface area (Å²) in [7, 11) is -3.73. The number of H-pyrrole nitrogens is 1. The van der Waals surface area contributed by atoms with Gasteiger partial charge in [-0.15, -0.1) is 0 Å². The molecule has 8 heteroatoms. The number of halogens is 1. The van der Waals surface area contributed by atoms with Crippen LogP contribution in [-0.2, 0) is 10.0 Å². The second-order valence-electron chi connectivity index (χ2n) is 3.84. The number of nitrogens with one attached hydrogen (secondary N) is 2. The molecule has 1 unspecified atom stereocenters. The molecule has 0 aliphatic heterocycles. The van der Waals surface area contributed by atoms with Crippen molar-refractivity contribution in [3.8, 4) is 0 Å². The van der Waals surface area contributed by atoms with Crippen LogP contribution in [0.15, 0.2) is 41.8 Å². The van der Waals surface area contributed by atoms with Crippen LogP contribution in [0.25, 0.3) is 0 Å². The van der Waals surface area contributed by atoms with E-state index in [1.807, 2.05) is 0 Å². The van der Waals surface area contributed by atoms with Gasteiger partial charge in [0, 0.05) is 6.54 Å². The van der Waals surface area contributed by atoms with Crippen LogP contribution in [0.3, 0.4) is 0 Å². The van der Waals surface area contributed by atoms with Gasteiger partial charge in [0.15, 0.2) is 5.03 Å². The molecule has 0 aliphatic rings. The van der Waals surface area contributed by atoms with Crippen molar-refractivity contribution in [1.82, 2.24) is 14.7 Å². The highest BCUT2D eigenvalue weighted by Crippen LogP contribution is 2.13. The lowest BCUT2D eigenvalue weighted by Crippen LogP contribution is -2.28. The molecule has 1 aromatic heterocycles. The van der Waals surface area contributed by atoms with Crippen LogP contribution >= 0.6 is 0 Å². The summed E-state index contributed by atoms with van der Waals surface area (Å²) in [6.07, 6.45) is 1.34. The number of benzene rings is 1. The lowest BCUT2D eigenvalue weighted by atomic mass is 10.1. The quantitative estimate of drug-likeness (QED) is 0.748. The van der Waals surface area contributed by atoms with Gasteiger partial charge in [0.1, 0.15) is 5.82 Å². The number of hydrogen-bond donors (Lipinski definition) is 3. The minimum absolute atomic E-state index is 0.0844. The van der Waals surface area contributed by atoms with Crippen molar-refractivity contribution < 1.29 is 17.9 Å². The number of hydrogen-bond acceptors (Lipinski definition) is 4. The molecule has 0 amide bonds. The number of aromatic nitrogens is 2. The lowest BCUT2D eigenvalue weighted by molar-refractivity contribution is 0.182. The Balaban J connectivity index is 2.01. The van der Waals surface area contributed by atoms with Crippen molar-refractivity contribution in [1.29, 1.82) is 0 Å². The van der Waals surface area contributed by atoms with E-state index in [9.17, 15) is 17.9 Å². The van der Waals surface area contributed by atoms with Crippen molar-refractivity contribution in [3.05, 3.63) is 48.2 Å². The average molecular weight is 285 g/mol. The minimum atomic E-state index is -3.73. The van der Waals surface area contributed by atoms with E-state index >= 15 is 0 Å². The molecule has 0 spiro atoms. The third-order valence-electron chi connectivity index (χ3n) is 2.48. The molecule has 0 radical (unpaired) electrons. The SMILES string of the molecule is O=S(=O)(NCC(O)c1ccc(F)cc1)c1cnc[nH]1. The number of aliphatic hydroxyl groups is 1. The van der Waals surface area contributed by atoms with Crippen LogP contribution in [0.2, 0.25) is 0 Å². The molecule has 102 valence electrons. The molecule has 1 atom stereocenters. The van der Waals surface area contributed by atoms with Gasteiger partial charge in [0.2, 0.25) is 0 Å². The van der Waals surface area contributed by atoms with Crippen LogP contribution in [0.5, 0.6) is 0 Å². The predicted octanol–water partition coefficient (Wildman–Crippen LogP) is 0.561. The zero-order valence-electron chi connectivity index (χ0n) is 9.75. The first-order valence-electron chi connectivity index (χ1n) is 5.40. The Bertz CT molecular complexity index is 626. The molecule has 0 aliphatic carbocycles. The Morgan fingerprint density at radius 2 is 2.05 bits per heavy atom. The van der Waals surface area contributed by atoms with Crippen molar-refractivity contribution in [3.63, 3.8) is 0 Å². The van der Waals surface area contributed by atoms with Crippen LogP contribution in [0.1, 0.15) is 11.7 Å². The lowest BCUT2D eigenvalue weighted by Gasteiger charge is -2.11. The van der Waals surface area contributed by atoms with Gasteiger partial charge in [-0.3, -0.25) is 0 Å². The van der Waals surface area contributed by atoms with E-state index in [4.69, 9.17) is 0 Å². The summed E-state index contributed by atoms with van der Waals surface area (Å²) in [5.41, 5.74) is 0.425. The monoisotopic (exact) mass is 285 g/mol. The molecule has 0 saturated heterocycles. The number of aliphatic hydroxyl groups excluding tert-OH is 1. The average Bonchev–Trinajstić information content (AvgIpc) is 2.91. The van der Waals surface area contributed by atoms with Gasteiger partial charge in [-0.05, 0) is 17.7 Å². The summed E-state index contributed by atoms with van der Waals surface area (Å²) in [5, 5.41) is 9.71. The Morgan fingerprint density at radius 1 is 1.37 bits per heavy atom. The molecule has 2 aromatic rings. The molecule has 3 N–H and O–H groups in total. The van der Waals surface area contributed by atoms with Crippen LogP contribution in [0, 0.1) is 5.82 Å². The van der Waals surface area contributed by atoms with Crippen LogP contribution in [0.4, 0.5) is 4.39 Å². The summed E-state index contributed by atoms with van der Waals surface area (Å²) in [6, 6.07) is 5.18. The largest absolute Gasteiger partial charge is 0.387 e. The molecular weight excluding hydrogens is 273 g/mol. The van der Waals surface area contributed by atoms with E-state index < -0.39 is 21.9 Å². The molecule has 0 saturated carbocycles. The second-order valence-corrected chi connectivity index (χ2v) is 5.57. The van der Waals surface area contributed by atoms with Crippen LogP contribution in [-0.4, -0.2) is 30.0 Å². The first kappa shape index (κ1) is 13.7. The van der Waals surface area contributed by atoms with E-state index in [1.54, 1.807) is 0 Å². The third kappa shape index (κ3) is 3.37. The Kier molecular flexibility index (Phi) is 3.93. The highest BCUT2D eigenvalue weighted by molar-refractivity contribution is 7.89. The number of sulfonamides is 1. The first-order chi connectivity index (χ1) is 8.99. The number of aromatic amines is 1.